The quantitative estimate of drug-likeness (QED) is 0.523. The third-order valence-corrected chi connectivity index (χ3v) is 5.55. The summed E-state index contributed by atoms with van der Waals surface area (Å²) in [7, 11) is 1.49. The van der Waals surface area contributed by atoms with E-state index in [0.717, 1.165) is 10.6 Å². The Labute approximate surface area is 189 Å². The minimum absolute atomic E-state index is 0.0431. The van der Waals surface area contributed by atoms with E-state index in [4.69, 9.17) is 9.47 Å². The van der Waals surface area contributed by atoms with Crippen molar-refractivity contribution in [1.29, 1.82) is 0 Å². The number of hydrogen-bond acceptors (Lipinski definition) is 6. The Hall–Kier alpha value is -3.46. The van der Waals surface area contributed by atoms with Gasteiger partial charge < -0.3 is 9.47 Å². The highest BCUT2D eigenvalue weighted by Crippen LogP contribution is 2.29. The first-order valence-corrected chi connectivity index (χ1v) is 10.7. The minimum atomic E-state index is -0.499. The van der Waals surface area contributed by atoms with Gasteiger partial charge in [-0.1, -0.05) is 12.1 Å². The number of ether oxygens (including phenoxy) is 2. The lowest BCUT2D eigenvalue weighted by atomic mass is 10.1. The Morgan fingerprint density at radius 2 is 1.75 bits per heavy atom. The van der Waals surface area contributed by atoms with Crippen LogP contribution in [0.1, 0.15) is 50.1 Å². The van der Waals surface area contributed by atoms with E-state index in [0.29, 0.717) is 34.1 Å². The Kier molecular flexibility index (Phi) is 7.42. The van der Waals surface area contributed by atoms with Crippen molar-refractivity contribution in [2.45, 2.75) is 33.3 Å². The summed E-state index contributed by atoms with van der Waals surface area (Å²) in [6, 6.07) is 10.9. The Morgan fingerprint density at radius 3 is 2.41 bits per heavy atom. The van der Waals surface area contributed by atoms with Crippen LogP contribution < -0.4 is 20.3 Å². The molecule has 3 rings (SSSR count). The third kappa shape index (κ3) is 5.82. The lowest BCUT2D eigenvalue weighted by Crippen LogP contribution is -2.41. The SMILES string of the molecule is COc1cc(C(=O)NNC(=O)c2sc(Cc3ccc(F)cc3)nc2C)ccc1OC(C)C. The van der Waals surface area contributed by atoms with Gasteiger partial charge in [0.1, 0.15) is 10.7 Å². The molecule has 3 aromatic rings. The highest BCUT2D eigenvalue weighted by molar-refractivity contribution is 7.13. The molecule has 7 nitrogen and oxygen atoms in total. The van der Waals surface area contributed by atoms with Crippen molar-refractivity contribution < 1.29 is 23.5 Å². The molecular weight excluding hydrogens is 433 g/mol. The van der Waals surface area contributed by atoms with Gasteiger partial charge in [0.05, 0.1) is 23.9 Å². The number of carbonyl (C=O) groups excluding carboxylic acids is 2. The minimum Gasteiger partial charge on any atom is -0.493 e. The van der Waals surface area contributed by atoms with Gasteiger partial charge in [0.2, 0.25) is 0 Å². The molecule has 0 radical (unpaired) electrons. The van der Waals surface area contributed by atoms with E-state index in [9.17, 15) is 14.0 Å². The molecule has 2 N–H and O–H groups in total. The molecule has 168 valence electrons. The second-order valence-electron chi connectivity index (χ2n) is 7.27. The van der Waals surface area contributed by atoms with E-state index in [1.165, 1.54) is 36.6 Å². The van der Waals surface area contributed by atoms with Crippen LogP contribution in [-0.4, -0.2) is 30.0 Å². The van der Waals surface area contributed by atoms with Crippen LogP contribution in [0.3, 0.4) is 0 Å². The lowest BCUT2D eigenvalue weighted by molar-refractivity contribution is 0.0848. The topological polar surface area (TPSA) is 89.6 Å². The van der Waals surface area contributed by atoms with Crippen LogP contribution in [0.2, 0.25) is 0 Å². The molecule has 0 saturated carbocycles. The first-order chi connectivity index (χ1) is 15.3. The predicted octanol–water partition coefficient (Wildman–Crippen LogP) is 4.05. The Morgan fingerprint density at radius 1 is 1.06 bits per heavy atom. The van der Waals surface area contributed by atoms with Crippen LogP contribution in [0.15, 0.2) is 42.5 Å². The summed E-state index contributed by atoms with van der Waals surface area (Å²) >= 11 is 1.22. The van der Waals surface area contributed by atoms with Gasteiger partial charge in [-0.25, -0.2) is 9.37 Å². The molecule has 2 aromatic carbocycles. The van der Waals surface area contributed by atoms with Gasteiger partial charge in [0, 0.05) is 12.0 Å². The average Bonchev–Trinajstić information content (AvgIpc) is 3.13. The number of hydrazine groups is 1. The monoisotopic (exact) mass is 457 g/mol. The molecule has 0 unspecified atom stereocenters. The number of halogens is 1. The molecule has 1 heterocycles. The number of nitrogens with one attached hydrogen (secondary N) is 2. The smallest absolute Gasteiger partial charge is 0.281 e. The van der Waals surface area contributed by atoms with Gasteiger partial charge in [0.25, 0.3) is 11.8 Å². The molecule has 0 aliphatic rings. The summed E-state index contributed by atoms with van der Waals surface area (Å²) in [5, 5.41) is 0.719. The fourth-order valence-electron chi connectivity index (χ4n) is 2.92. The number of hydrogen-bond donors (Lipinski definition) is 2. The summed E-state index contributed by atoms with van der Waals surface area (Å²) in [5.41, 5.74) is 6.56. The lowest BCUT2D eigenvalue weighted by Gasteiger charge is -2.14. The van der Waals surface area contributed by atoms with Gasteiger partial charge in [-0.15, -0.1) is 11.3 Å². The van der Waals surface area contributed by atoms with E-state index in [1.54, 1.807) is 31.2 Å². The van der Waals surface area contributed by atoms with Crippen LogP contribution in [0.5, 0.6) is 11.5 Å². The molecule has 0 aliphatic carbocycles. The number of aromatic nitrogens is 1. The molecule has 0 spiro atoms. The molecule has 0 atom stereocenters. The standard InChI is InChI=1S/C23H24FN3O4S/c1-13(2)31-18-10-7-16(12-19(18)30-4)22(28)26-27-23(29)21-14(3)25-20(32-21)11-15-5-8-17(24)9-6-15/h5-10,12-13H,11H2,1-4H3,(H,26,28)(H,27,29). The number of carbonyl (C=O) groups is 2. The van der Waals surface area contributed by atoms with Crippen molar-refractivity contribution in [2.75, 3.05) is 7.11 Å². The second kappa shape index (κ2) is 10.2. The summed E-state index contributed by atoms with van der Waals surface area (Å²) in [6.07, 6.45) is 0.439. The first kappa shape index (κ1) is 23.2. The van der Waals surface area contributed by atoms with Crippen molar-refractivity contribution in [3.05, 3.63) is 75.0 Å². The van der Waals surface area contributed by atoms with Gasteiger partial charge in [-0.05, 0) is 56.7 Å². The van der Waals surface area contributed by atoms with Crippen LogP contribution in [0, 0.1) is 12.7 Å². The Bertz CT molecular complexity index is 1110. The zero-order valence-corrected chi connectivity index (χ0v) is 19.0. The predicted molar refractivity (Wildman–Crippen MR) is 120 cm³/mol. The molecular formula is C23H24FN3O4S. The maximum Gasteiger partial charge on any atom is 0.281 e. The van der Waals surface area contributed by atoms with Crippen LogP contribution >= 0.6 is 11.3 Å². The zero-order valence-electron chi connectivity index (χ0n) is 18.2. The van der Waals surface area contributed by atoms with Gasteiger partial charge in [0.15, 0.2) is 11.5 Å². The molecule has 0 saturated heterocycles. The molecule has 0 fully saturated rings. The normalized spacial score (nSPS) is 10.7. The fraction of sp³-hybridized carbons (Fsp3) is 0.261. The number of aryl methyl sites for hydroxylation is 1. The molecule has 9 heteroatoms. The van der Waals surface area contributed by atoms with E-state index in [-0.39, 0.29) is 11.9 Å². The number of methoxy groups -OCH3 is 1. The highest BCUT2D eigenvalue weighted by Gasteiger charge is 2.17. The van der Waals surface area contributed by atoms with Crippen molar-refractivity contribution in [2.24, 2.45) is 0 Å². The van der Waals surface area contributed by atoms with Crippen molar-refractivity contribution in [1.82, 2.24) is 15.8 Å². The van der Waals surface area contributed by atoms with E-state index in [1.807, 2.05) is 13.8 Å². The maximum atomic E-state index is 13.1. The van der Waals surface area contributed by atoms with Gasteiger partial charge in [-0.3, -0.25) is 20.4 Å². The Balaban J connectivity index is 1.63. The molecule has 1 aromatic heterocycles. The number of benzene rings is 2. The fourth-order valence-corrected chi connectivity index (χ4v) is 3.91. The largest absolute Gasteiger partial charge is 0.493 e. The highest BCUT2D eigenvalue weighted by atomic mass is 32.1. The summed E-state index contributed by atoms with van der Waals surface area (Å²) in [6.45, 7) is 5.50. The van der Waals surface area contributed by atoms with Gasteiger partial charge in [-0.2, -0.15) is 0 Å². The van der Waals surface area contributed by atoms with E-state index < -0.39 is 11.8 Å². The molecule has 2 amide bonds. The molecule has 0 bridgehead atoms. The first-order valence-electron chi connectivity index (χ1n) is 9.93. The summed E-state index contributed by atoms with van der Waals surface area (Å²) in [5.74, 6) is -0.329. The van der Waals surface area contributed by atoms with Crippen LogP contribution in [0.4, 0.5) is 4.39 Å². The molecule has 32 heavy (non-hydrogen) atoms. The van der Waals surface area contributed by atoms with Crippen molar-refractivity contribution in [3.8, 4) is 11.5 Å². The van der Waals surface area contributed by atoms with Gasteiger partial charge >= 0.3 is 0 Å². The van der Waals surface area contributed by atoms with Crippen molar-refractivity contribution in [3.63, 3.8) is 0 Å². The second-order valence-corrected chi connectivity index (χ2v) is 8.35. The van der Waals surface area contributed by atoms with Crippen molar-refractivity contribution >= 4 is 23.2 Å². The number of nitrogens with zero attached hydrogens (tertiary/aromatic N) is 1. The summed E-state index contributed by atoms with van der Waals surface area (Å²) in [4.78, 5) is 29.8. The zero-order chi connectivity index (χ0) is 23.3. The van der Waals surface area contributed by atoms with E-state index in [2.05, 4.69) is 15.8 Å². The number of thiazole rings is 1. The summed E-state index contributed by atoms with van der Waals surface area (Å²) < 4.78 is 24.0. The van der Waals surface area contributed by atoms with Crippen LogP contribution in [-0.2, 0) is 6.42 Å². The molecule has 0 aliphatic heterocycles. The third-order valence-electron chi connectivity index (χ3n) is 4.39. The number of rotatable bonds is 7. The average molecular weight is 458 g/mol. The van der Waals surface area contributed by atoms with Crippen LogP contribution in [0.25, 0.3) is 0 Å². The number of amides is 2. The van der Waals surface area contributed by atoms with E-state index >= 15 is 0 Å². The maximum absolute atomic E-state index is 13.1.